The minimum Gasteiger partial charge on any atom is -0.493 e. The maximum absolute atomic E-state index is 10.8. The second-order valence-corrected chi connectivity index (χ2v) is 9.30. The molecule has 3 aromatic rings. The van der Waals surface area contributed by atoms with Crippen molar-refractivity contribution >= 4 is 16.9 Å². The third-order valence-corrected chi connectivity index (χ3v) is 5.07. The number of aromatic nitrogens is 1. The highest BCUT2D eigenvalue weighted by molar-refractivity contribution is 5.84. The number of rotatable bonds is 11. The predicted octanol–water partition coefficient (Wildman–Crippen LogP) is 5.84. The number of nitrogens with zero attached hydrogens (tertiary/aromatic N) is 1. The second kappa shape index (κ2) is 10.5. The number of carboxylic acid groups (broad SMARTS) is 1. The molecule has 172 valence electrons. The Labute approximate surface area is 189 Å². The number of aryl methyl sites for hydroxylation is 1. The van der Waals surface area contributed by atoms with Gasteiger partial charge in [-0.3, -0.25) is 4.79 Å². The van der Waals surface area contributed by atoms with Gasteiger partial charge in [0.15, 0.2) is 5.58 Å². The summed E-state index contributed by atoms with van der Waals surface area (Å²) in [5.41, 5.74) is 3.80. The van der Waals surface area contributed by atoms with Crippen LogP contribution < -0.4 is 9.47 Å². The molecule has 1 aromatic heterocycles. The maximum Gasteiger partial charge on any atom is 0.307 e. The van der Waals surface area contributed by atoms with Crippen molar-refractivity contribution in [3.63, 3.8) is 0 Å². The summed E-state index contributed by atoms with van der Waals surface area (Å²) < 4.78 is 17.6. The molecule has 1 heterocycles. The van der Waals surface area contributed by atoms with Crippen LogP contribution in [0, 0.1) is 5.41 Å². The van der Waals surface area contributed by atoms with Gasteiger partial charge >= 0.3 is 5.97 Å². The van der Waals surface area contributed by atoms with Gasteiger partial charge in [0.05, 0.1) is 25.3 Å². The van der Waals surface area contributed by atoms with E-state index >= 15 is 0 Å². The molecule has 0 aliphatic rings. The van der Waals surface area contributed by atoms with Crippen molar-refractivity contribution in [3.05, 3.63) is 53.2 Å². The number of carboxylic acids is 1. The number of benzene rings is 2. The van der Waals surface area contributed by atoms with Crippen LogP contribution in [0.2, 0.25) is 0 Å². The topological polar surface area (TPSA) is 81.8 Å². The van der Waals surface area contributed by atoms with Crippen LogP contribution in [0.3, 0.4) is 0 Å². The fourth-order valence-corrected chi connectivity index (χ4v) is 3.65. The van der Waals surface area contributed by atoms with E-state index in [1.54, 1.807) is 24.3 Å². The molecule has 0 aliphatic heterocycles. The van der Waals surface area contributed by atoms with E-state index in [-0.39, 0.29) is 11.8 Å². The van der Waals surface area contributed by atoms with Crippen LogP contribution in [0.5, 0.6) is 11.5 Å². The van der Waals surface area contributed by atoms with Gasteiger partial charge in [0, 0.05) is 17.4 Å². The number of aliphatic carboxylic acids is 1. The Morgan fingerprint density at radius 3 is 2.44 bits per heavy atom. The molecule has 0 bridgehead atoms. The van der Waals surface area contributed by atoms with Gasteiger partial charge in [-0.25, -0.2) is 0 Å². The SMILES string of the molecule is CCCc1c(OCCCOc2ccc(CC(=O)O)cc2)ccc2c(CC(C)(C)C)noc12. The zero-order chi connectivity index (χ0) is 23.1. The average molecular weight is 440 g/mol. The zero-order valence-electron chi connectivity index (χ0n) is 19.4. The summed E-state index contributed by atoms with van der Waals surface area (Å²) in [6.45, 7) is 9.79. The molecule has 0 atom stereocenters. The summed E-state index contributed by atoms with van der Waals surface area (Å²) in [6.07, 6.45) is 3.47. The largest absolute Gasteiger partial charge is 0.493 e. The standard InChI is InChI=1S/C26H33NO5/c1-5-7-21-23(13-12-20-22(17-26(2,3)4)27-32-25(20)21)31-15-6-14-30-19-10-8-18(9-11-19)16-24(28)29/h8-13H,5-7,14-17H2,1-4H3,(H,28,29). The predicted molar refractivity (Wildman–Crippen MR) is 125 cm³/mol. The van der Waals surface area contributed by atoms with Crippen molar-refractivity contribution in [2.24, 2.45) is 5.41 Å². The number of fused-ring (bicyclic) bond motifs is 1. The van der Waals surface area contributed by atoms with Crippen LogP contribution >= 0.6 is 0 Å². The lowest BCUT2D eigenvalue weighted by atomic mass is 9.89. The Morgan fingerprint density at radius 1 is 1.06 bits per heavy atom. The molecule has 6 nitrogen and oxygen atoms in total. The Morgan fingerprint density at radius 2 is 1.78 bits per heavy atom. The molecule has 0 saturated heterocycles. The van der Waals surface area contributed by atoms with Crippen LogP contribution in [0.1, 0.15) is 57.4 Å². The minimum atomic E-state index is -0.841. The minimum absolute atomic E-state index is 0.0153. The fourth-order valence-electron chi connectivity index (χ4n) is 3.65. The van der Waals surface area contributed by atoms with Gasteiger partial charge in [-0.2, -0.15) is 0 Å². The van der Waals surface area contributed by atoms with Gasteiger partial charge in [-0.1, -0.05) is 51.4 Å². The molecule has 2 aromatic carbocycles. The molecule has 0 amide bonds. The molecule has 0 saturated carbocycles. The molecule has 0 spiro atoms. The lowest BCUT2D eigenvalue weighted by molar-refractivity contribution is -0.136. The summed E-state index contributed by atoms with van der Waals surface area (Å²) in [6, 6.07) is 11.2. The molecule has 3 rings (SSSR count). The van der Waals surface area contributed by atoms with E-state index in [1.807, 2.05) is 6.07 Å². The lowest BCUT2D eigenvalue weighted by Crippen LogP contribution is -2.09. The molecular weight excluding hydrogens is 406 g/mol. The Kier molecular flexibility index (Phi) is 7.78. The smallest absolute Gasteiger partial charge is 0.307 e. The summed E-state index contributed by atoms with van der Waals surface area (Å²) >= 11 is 0. The van der Waals surface area contributed by atoms with Gasteiger partial charge in [-0.05, 0) is 48.1 Å². The molecular formula is C26H33NO5. The van der Waals surface area contributed by atoms with Crippen molar-refractivity contribution < 1.29 is 23.9 Å². The molecule has 0 unspecified atom stereocenters. The maximum atomic E-state index is 10.8. The fraction of sp³-hybridized carbons (Fsp3) is 0.462. The number of ether oxygens (including phenoxy) is 2. The van der Waals surface area contributed by atoms with Crippen molar-refractivity contribution in [2.45, 2.75) is 59.8 Å². The summed E-state index contributed by atoms with van der Waals surface area (Å²) in [7, 11) is 0. The normalized spacial score (nSPS) is 11.6. The highest BCUT2D eigenvalue weighted by Gasteiger charge is 2.20. The van der Waals surface area contributed by atoms with Gasteiger partial charge in [0.25, 0.3) is 0 Å². The highest BCUT2D eigenvalue weighted by atomic mass is 16.5. The molecule has 0 fully saturated rings. The van der Waals surface area contributed by atoms with Gasteiger partial charge in [0.2, 0.25) is 0 Å². The molecule has 0 radical (unpaired) electrons. The Hall–Kier alpha value is -3.02. The zero-order valence-corrected chi connectivity index (χ0v) is 19.4. The van der Waals surface area contributed by atoms with Gasteiger partial charge in [-0.15, -0.1) is 0 Å². The number of hydrogen-bond donors (Lipinski definition) is 1. The first-order valence-corrected chi connectivity index (χ1v) is 11.2. The van der Waals surface area contributed by atoms with Gasteiger partial charge in [0.1, 0.15) is 11.5 Å². The molecule has 6 heteroatoms. The van der Waals surface area contributed by atoms with Crippen molar-refractivity contribution in [2.75, 3.05) is 13.2 Å². The van der Waals surface area contributed by atoms with E-state index in [1.165, 1.54) is 0 Å². The second-order valence-electron chi connectivity index (χ2n) is 9.30. The summed E-state index contributed by atoms with van der Waals surface area (Å²) in [5, 5.41) is 14.3. The van der Waals surface area contributed by atoms with Crippen LogP contribution in [0.15, 0.2) is 40.9 Å². The number of hydrogen-bond acceptors (Lipinski definition) is 5. The first-order valence-electron chi connectivity index (χ1n) is 11.2. The van der Waals surface area contributed by atoms with Crippen molar-refractivity contribution in [1.82, 2.24) is 5.16 Å². The summed E-state index contributed by atoms with van der Waals surface area (Å²) in [5.74, 6) is 0.725. The van der Waals surface area contributed by atoms with Crippen LogP contribution in [0.4, 0.5) is 0 Å². The first-order chi connectivity index (χ1) is 15.3. The van der Waals surface area contributed by atoms with Gasteiger partial charge < -0.3 is 19.1 Å². The van der Waals surface area contributed by atoms with E-state index in [4.69, 9.17) is 19.1 Å². The molecule has 0 aliphatic carbocycles. The third-order valence-electron chi connectivity index (χ3n) is 5.07. The molecule has 1 N–H and O–H groups in total. The van der Waals surface area contributed by atoms with Crippen LogP contribution in [-0.4, -0.2) is 29.4 Å². The van der Waals surface area contributed by atoms with E-state index in [2.05, 4.69) is 38.9 Å². The Balaban J connectivity index is 1.57. The van der Waals surface area contributed by atoms with E-state index in [0.29, 0.717) is 13.2 Å². The number of carbonyl (C=O) groups is 1. The summed E-state index contributed by atoms with van der Waals surface area (Å²) in [4.78, 5) is 10.8. The van der Waals surface area contributed by atoms with Crippen molar-refractivity contribution in [3.8, 4) is 11.5 Å². The average Bonchev–Trinajstić information content (AvgIpc) is 3.11. The van der Waals surface area contributed by atoms with E-state index in [0.717, 1.165) is 65.0 Å². The first kappa shape index (κ1) is 23.6. The van der Waals surface area contributed by atoms with E-state index in [9.17, 15) is 4.79 Å². The third kappa shape index (κ3) is 6.49. The monoisotopic (exact) mass is 439 g/mol. The van der Waals surface area contributed by atoms with Crippen molar-refractivity contribution in [1.29, 1.82) is 0 Å². The van der Waals surface area contributed by atoms with E-state index < -0.39 is 5.97 Å². The quantitative estimate of drug-likeness (QED) is 0.378. The lowest BCUT2D eigenvalue weighted by Gasteiger charge is -2.16. The Bertz CT molecular complexity index is 1030. The van der Waals surface area contributed by atoms with Crippen LogP contribution in [0.25, 0.3) is 11.0 Å². The highest BCUT2D eigenvalue weighted by Crippen LogP contribution is 2.33. The van der Waals surface area contributed by atoms with Crippen LogP contribution in [-0.2, 0) is 24.1 Å². The molecule has 32 heavy (non-hydrogen) atoms.